The van der Waals surface area contributed by atoms with E-state index in [0.29, 0.717) is 13.1 Å². The Labute approximate surface area is 130 Å². The fourth-order valence-electron chi connectivity index (χ4n) is 1.32. The molecule has 0 bridgehead atoms. The second-order valence-electron chi connectivity index (χ2n) is 5.12. The average Bonchev–Trinajstić information content (AvgIpc) is 2.37. The molecule has 0 unspecified atom stereocenters. The van der Waals surface area contributed by atoms with Crippen molar-refractivity contribution < 1.29 is 34.1 Å². The van der Waals surface area contributed by atoms with Gasteiger partial charge in [0.05, 0.1) is 19.7 Å². The molecule has 9 nitrogen and oxygen atoms in total. The van der Waals surface area contributed by atoms with E-state index < -0.39 is 11.6 Å². The maximum atomic E-state index is 11.6. The number of aliphatic hydroxyl groups is 1. The van der Waals surface area contributed by atoms with Crippen LogP contribution in [0.4, 0.5) is 0 Å². The van der Waals surface area contributed by atoms with Gasteiger partial charge in [-0.05, 0) is 20.8 Å². The summed E-state index contributed by atoms with van der Waals surface area (Å²) < 4.78 is 9.98. The van der Waals surface area contributed by atoms with Gasteiger partial charge in [-0.1, -0.05) is 0 Å². The van der Waals surface area contributed by atoms with Crippen molar-refractivity contribution in [2.45, 2.75) is 26.4 Å². The summed E-state index contributed by atoms with van der Waals surface area (Å²) in [5.41, 5.74) is 4.55. The van der Waals surface area contributed by atoms with Crippen LogP contribution in [-0.4, -0.2) is 78.5 Å². The Balaban J connectivity index is 0. The second kappa shape index (κ2) is 13.0. The lowest BCUT2D eigenvalue weighted by atomic mass is 10.2. The summed E-state index contributed by atoms with van der Waals surface area (Å²) in [6.45, 7) is 5.64. The lowest BCUT2D eigenvalue weighted by Gasteiger charge is -2.24. The monoisotopic (exact) mass is 322 g/mol. The van der Waals surface area contributed by atoms with Gasteiger partial charge in [0.15, 0.2) is 0 Å². The SMILES string of the molecule is CC(C)(C)OC(=O)CN(CCO)CCOC(=O)CN.O=CO. The van der Waals surface area contributed by atoms with Crippen molar-refractivity contribution in [1.82, 2.24) is 4.90 Å². The highest BCUT2D eigenvalue weighted by molar-refractivity contribution is 5.72. The lowest BCUT2D eigenvalue weighted by Crippen LogP contribution is -2.38. The fraction of sp³-hybridized carbons (Fsp3) is 0.769. The quantitative estimate of drug-likeness (QED) is 0.372. The number of ether oxygens (including phenoxy) is 2. The smallest absolute Gasteiger partial charge is 0.320 e. The van der Waals surface area contributed by atoms with E-state index in [-0.39, 0.29) is 38.7 Å². The van der Waals surface area contributed by atoms with E-state index in [0.717, 1.165) is 0 Å². The standard InChI is InChI=1S/C12H24N2O5.CH2O2/c1-12(2,3)19-11(17)9-14(4-6-15)5-7-18-10(16)8-13;2-1-3/h15H,4-9,13H2,1-3H3;1H,(H,2,3). The van der Waals surface area contributed by atoms with Gasteiger partial charge in [0, 0.05) is 13.1 Å². The Morgan fingerprint density at radius 2 is 1.77 bits per heavy atom. The van der Waals surface area contributed by atoms with E-state index in [9.17, 15) is 9.59 Å². The molecule has 130 valence electrons. The zero-order valence-corrected chi connectivity index (χ0v) is 13.3. The van der Waals surface area contributed by atoms with Gasteiger partial charge >= 0.3 is 11.9 Å². The molecule has 0 aromatic heterocycles. The van der Waals surface area contributed by atoms with Crippen LogP contribution >= 0.6 is 0 Å². The van der Waals surface area contributed by atoms with Gasteiger partial charge in [-0.15, -0.1) is 0 Å². The third kappa shape index (κ3) is 16.3. The minimum Gasteiger partial charge on any atom is -0.483 e. The summed E-state index contributed by atoms with van der Waals surface area (Å²) in [5, 5.41) is 15.8. The van der Waals surface area contributed by atoms with Crippen molar-refractivity contribution >= 4 is 18.4 Å². The highest BCUT2D eigenvalue weighted by atomic mass is 16.6. The molecule has 0 aromatic rings. The minimum atomic E-state index is -0.548. The number of aliphatic hydroxyl groups excluding tert-OH is 1. The number of hydrogen-bond donors (Lipinski definition) is 3. The molecule has 22 heavy (non-hydrogen) atoms. The van der Waals surface area contributed by atoms with Crippen LogP contribution in [0, 0.1) is 0 Å². The Bertz CT molecular complexity index is 329. The van der Waals surface area contributed by atoms with Crippen LogP contribution in [0.1, 0.15) is 20.8 Å². The molecule has 0 aliphatic rings. The molecule has 9 heteroatoms. The summed E-state index contributed by atoms with van der Waals surface area (Å²) in [6.07, 6.45) is 0. The van der Waals surface area contributed by atoms with Crippen molar-refractivity contribution in [3.05, 3.63) is 0 Å². The Hall–Kier alpha value is -1.71. The highest BCUT2D eigenvalue weighted by Gasteiger charge is 2.18. The number of carboxylic acid groups (broad SMARTS) is 1. The maximum Gasteiger partial charge on any atom is 0.320 e. The molecular formula is C13H26N2O7. The van der Waals surface area contributed by atoms with E-state index in [1.165, 1.54) is 0 Å². The first-order valence-corrected chi connectivity index (χ1v) is 6.68. The molecular weight excluding hydrogens is 296 g/mol. The first kappa shape index (κ1) is 22.6. The van der Waals surface area contributed by atoms with Crippen LogP contribution in [0.5, 0.6) is 0 Å². The summed E-state index contributed by atoms with van der Waals surface area (Å²) in [4.78, 5) is 32.5. The van der Waals surface area contributed by atoms with Gasteiger partial charge in [-0.25, -0.2) is 0 Å². The van der Waals surface area contributed by atoms with Crippen molar-refractivity contribution in [1.29, 1.82) is 0 Å². The fourth-order valence-corrected chi connectivity index (χ4v) is 1.32. The van der Waals surface area contributed by atoms with Crippen LogP contribution in [-0.2, 0) is 23.9 Å². The molecule has 0 heterocycles. The molecule has 0 rings (SSSR count). The summed E-state index contributed by atoms with van der Waals surface area (Å²) in [6, 6.07) is 0. The Kier molecular flexibility index (Phi) is 13.3. The van der Waals surface area contributed by atoms with Crippen LogP contribution in [0.15, 0.2) is 0 Å². The topological polar surface area (TPSA) is 139 Å². The summed E-state index contributed by atoms with van der Waals surface area (Å²) in [7, 11) is 0. The van der Waals surface area contributed by atoms with Crippen LogP contribution < -0.4 is 5.73 Å². The highest BCUT2D eigenvalue weighted by Crippen LogP contribution is 2.07. The number of hydrogen-bond acceptors (Lipinski definition) is 8. The van der Waals surface area contributed by atoms with E-state index in [1.807, 2.05) is 0 Å². The molecule has 0 radical (unpaired) electrons. The predicted octanol–water partition coefficient (Wildman–Crippen LogP) is -1.17. The van der Waals surface area contributed by atoms with Gasteiger partial charge in [0.2, 0.25) is 0 Å². The average molecular weight is 322 g/mol. The predicted molar refractivity (Wildman–Crippen MR) is 78.1 cm³/mol. The van der Waals surface area contributed by atoms with Crippen LogP contribution in [0.3, 0.4) is 0 Å². The van der Waals surface area contributed by atoms with E-state index in [1.54, 1.807) is 25.7 Å². The molecule has 0 saturated carbocycles. The summed E-state index contributed by atoms with van der Waals surface area (Å²) in [5.74, 6) is -0.882. The normalized spacial score (nSPS) is 10.5. The largest absolute Gasteiger partial charge is 0.483 e. The molecule has 0 fully saturated rings. The van der Waals surface area contributed by atoms with Crippen molar-refractivity contribution in [2.75, 3.05) is 39.4 Å². The molecule has 0 amide bonds. The minimum absolute atomic E-state index is 0.0397. The number of nitrogens with two attached hydrogens (primary N) is 1. The molecule has 0 spiro atoms. The van der Waals surface area contributed by atoms with E-state index in [4.69, 9.17) is 30.2 Å². The van der Waals surface area contributed by atoms with Gasteiger partial charge in [0.25, 0.3) is 6.47 Å². The van der Waals surface area contributed by atoms with Gasteiger partial charge in [-0.3, -0.25) is 19.3 Å². The van der Waals surface area contributed by atoms with Gasteiger partial charge < -0.3 is 25.4 Å². The molecule has 0 aliphatic carbocycles. The molecule has 4 N–H and O–H groups in total. The molecule has 0 atom stereocenters. The van der Waals surface area contributed by atoms with Crippen molar-refractivity contribution in [3.63, 3.8) is 0 Å². The van der Waals surface area contributed by atoms with Crippen LogP contribution in [0.2, 0.25) is 0 Å². The number of carbonyl (C=O) groups is 3. The molecule has 0 aliphatic heterocycles. The van der Waals surface area contributed by atoms with Gasteiger partial charge in [0.1, 0.15) is 12.2 Å². The number of rotatable bonds is 8. The van der Waals surface area contributed by atoms with E-state index in [2.05, 4.69) is 0 Å². The number of nitrogens with zero attached hydrogens (tertiary/aromatic N) is 1. The Morgan fingerprint density at radius 1 is 1.23 bits per heavy atom. The Morgan fingerprint density at radius 3 is 2.18 bits per heavy atom. The maximum absolute atomic E-state index is 11.6. The summed E-state index contributed by atoms with van der Waals surface area (Å²) >= 11 is 0. The zero-order valence-electron chi connectivity index (χ0n) is 13.3. The van der Waals surface area contributed by atoms with Gasteiger partial charge in [-0.2, -0.15) is 0 Å². The molecule has 0 saturated heterocycles. The second-order valence-corrected chi connectivity index (χ2v) is 5.12. The zero-order chi connectivity index (χ0) is 17.6. The number of carbonyl (C=O) groups excluding carboxylic acids is 2. The first-order valence-electron chi connectivity index (χ1n) is 6.68. The third-order valence-electron chi connectivity index (χ3n) is 2.03. The van der Waals surface area contributed by atoms with Crippen molar-refractivity contribution in [3.8, 4) is 0 Å². The van der Waals surface area contributed by atoms with Crippen molar-refractivity contribution in [2.24, 2.45) is 5.73 Å². The third-order valence-corrected chi connectivity index (χ3v) is 2.03. The number of esters is 2. The van der Waals surface area contributed by atoms with E-state index >= 15 is 0 Å². The molecule has 0 aromatic carbocycles. The lowest BCUT2D eigenvalue weighted by molar-refractivity contribution is -0.156. The first-order chi connectivity index (χ1) is 10.2. The van der Waals surface area contributed by atoms with Crippen LogP contribution in [0.25, 0.3) is 0 Å².